The molecule has 0 heterocycles. The van der Waals surface area contributed by atoms with Crippen molar-refractivity contribution >= 4 is 0 Å². The second-order valence-electron chi connectivity index (χ2n) is 4.67. The van der Waals surface area contributed by atoms with E-state index >= 15 is 0 Å². The van der Waals surface area contributed by atoms with Gasteiger partial charge in [0.2, 0.25) is 0 Å². The van der Waals surface area contributed by atoms with Gasteiger partial charge >= 0.3 is 0 Å². The Morgan fingerprint density at radius 1 is 1.25 bits per heavy atom. The van der Waals surface area contributed by atoms with E-state index in [0.717, 1.165) is 18.2 Å². The molecule has 16 heavy (non-hydrogen) atoms. The maximum Gasteiger partial charge on any atom is 0.127 e. The Kier molecular flexibility index (Phi) is 4.74. The smallest absolute Gasteiger partial charge is 0.127 e. The van der Waals surface area contributed by atoms with Crippen LogP contribution in [-0.4, -0.2) is 11.7 Å². The molecule has 2 N–H and O–H groups in total. The largest absolute Gasteiger partial charge is 0.508 e. The van der Waals surface area contributed by atoms with Crippen LogP contribution in [0, 0.1) is 17.7 Å². The molecule has 1 unspecified atom stereocenters. The van der Waals surface area contributed by atoms with Crippen LogP contribution in [0.1, 0.15) is 26.3 Å². The summed E-state index contributed by atoms with van der Waals surface area (Å²) in [7, 11) is 0. The van der Waals surface area contributed by atoms with Gasteiger partial charge in [-0.1, -0.05) is 20.8 Å². The summed E-state index contributed by atoms with van der Waals surface area (Å²) in [5.74, 6) is 0.804. The Morgan fingerprint density at radius 2 is 1.94 bits per heavy atom. The summed E-state index contributed by atoms with van der Waals surface area (Å²) in [6, 6.07) is 4.13. The summed E-state index contributed by atoms with van der Waals surface area (Å²) < 4.78 is 13.0. The first-order valence-electron chi connectivity index (χ1n) is 5.68. The zero-order valence-electron chi connectivity index (χ0n) is 10.1. The van der Waals surface area contributed by atoms with E-state index in [1.165, 1.54) is 6.07 Å². The number of phenolic OH excluding ortho intramolecular Hbond substituents is 1. The van der Waals surface area contributed by atoms with Gasteiger partial charge in [0.05, 0.1) is 0 Å². The lowest BCUT2D eigenvalue weighted by Crippen LogP contribution is -2.23. The van der Waals surface area contributed by atoms with Crippen LogP contribution in [0.3, 0.4) is 0 Å². The van der Waals surface area contributed by atoms with E-state index in [1.807, 2.05) is 0 Å². The van der Waals surface area contributed by atoms with Crippen molar-refractivity contribution in [3.63, 3.8) is 0 Å². The molecule has 0 amide bonds. The van der Waals surface area contributed by atoms with Crippen molar-refractivity contribution in [1.82, 2.24) is 5.32 Å². The maximum absolute atomic E-state index is 13.0. The van der Waals surface area contributed by atoms with Crippen LogP contribution in [0.25, 0.3) is 0 Å². The first-order valence-corrected chi connectivity index (χ1v) is 5.68. The molecule has 0 radical (unpaired) electrons. The summed E-state index contributed by atoms with van der Waals surface area (Å²) >= 11 is 0. The minimum absolute atomic E-state index is 0.0197. The Balaban J connectivity index is 2.43. The number of nitrogens with one attached hydrogen (secondary N) is 1. The maximum atomic E-state index is 13.0. The van der Waals surface area contributed by atoms with Crippen molar-refractivity contribution in [3.8, 4) is 5.75 Å². The topological polar surface area (TPSA) is 32.3 Å². The summed E-state index contributed by atoms with van der Waals surface area (Å²) in [6.45, 7) is 8.03. The van der Waals surface area contributed by atoms with Crippen LogP contribution in [0.2, 0.25) is 0 Å². The second-order valence-corrected chi connectivity index (χ2v) is 4.67. The van der Waals surface area contributed by atoms with E-state index < -0.39 is 5.82 Å². The lowest BCUT2D eigenvalue weighted by Gasteiger charge is -2.16. The molecule has 0 bridgehead atoms. The molecular weight excluding hydrogens is 205 g/mol. The number of benzene rings is 1. The number of hydrogen-bond donors (Lipinski definition) is 2. The molecule has 0 aliphatic rings. The first-order chi connectivity index (χ1) is 7.49. The minimum Gasteiger partial charge on any atom is -0.508 e. The summed E-state index contributed by atoms with van der Waals surface area (Å²) in [4.78, 5) is 0. The first kappa shape index (κ1) is 13.0. The van der Waals surface area contributed by atoms with E-state index in [-0.39, 0.29) is 5.75 Å². The molecule has 0 aliphatic heterocycles. The fourth-order valence-corrected chi connectivity index (χ4v) is 1.42. The predicted octanol–water partition coefficient (Wildman–Crippen LogP) is 2.91. The van der Waals surface area contributed by atoms with Crippen molar-refractivity contribution in [3.05, 3.63) is 29.6 Å². The molecule has 1 atom stereocenters. The molecular formula is C13H20FNO. The van der Waals surface area contributed by atoms with E-state index in [4.69, 9.17) is 0 Å². The normalized spacial score (nSPS) is 13.1. The lowest BCUT2D eigenvalue weighted by atomic mass is 9.98. The van der Waals surface area contributed by atoms with Gasteiger partial charge in [-0.25, -0.2) is 4.39 Å². The third-order valence-corrected chi connectivity index (χ3v) is 2.88. The SMILES string of the molecule is CC(C)C(C)CNCc1cc(O)cc(F)c1. The molecule has 0 spiro atoms. The van der Waals surface area contributed by atoms with Gasteiger partial charge in [-0.15, -0.1) is 0 Å². The van der Waals surface area contributed by atoms with Crippen molar-refractivity contribution in [2.75, 3.05) is 6.54 Å². The van der Waals surface area contributed by atoms with Crippen LogP contribution < -0.4 is 5.32 Å². The number of hydrogen-bond acceptors (Lipinski definition) is 2. The third-order valence-electron chi connectivity index (χ3n) is 2.88. The fourth-order valence-electron chi connectivity index (χ4n) is 1.42. The predicted molar refractivity (Wildman–Crippen MR) is 63.8 cm³/mol. The molecule has 1 aromatic carbocycles. The van der Waals surface area contributed by atoms with Crippen molar-refractivity contribution in [1.29, 1.82) is 0 Å². The highest BCUT2D eigenvalue weighted by molar-refractivity contribution is 5.28. The van der Waals surface area contributed by atoms with Gasteiger partial charge in [-0.05, 0) is 36.1 Å². The highest BCUT2D eigenvalue weighted by atomic mass is 19.1. The molecule has 2 nitrogen and oxygen atoms in total. The van der Waals surface area contributed by atoms with E-state index in [9.17, 15) is 9.50 Å². The van der Waals surface area contributed by atoms with E-state index in [2.05, 4.69) is 26.1 Å². The molecule has 0 aromatic heterocycles. The quantitative estimate of drug-likeness (QED) is 0.807. The summed E-state index contributed by atoms with van der Waals surface area (Å²) in [5.41, 5.74) is 0.772. The molecule has 0 saturated carbocycles. The van der Waals surface area contributed by atoms with Gasteiger partial charge in [0.15, 0.2) is 0 Å². The van der Waals surface area contributed by atoms with Crippen LogP contribution >= 0.6 is 0 Å². The molecule has 1 rings (SSSR count). The molecule has 0 fully saturated rings. The monoisotopic (exact) mass is 225 g/mol. The van der Waals surface area contributed by atoms with E-state index in [1.54, 1.807) is 6.07 Å². The summed E-state index contributed by atoms with van der Waals surface area (Å²) in [6.07, 6.45) is 0. The summed E-state index contributed by atoms with van der Waals surface area (Å²) in [5, 5.41) is 12.5. The molecule has 0 aliphatic carbocycles. The molecule has 90 valence electrons. The molecule has 1 aromatic rings. The Labute approximate surface area is 96.5 Å². The standard InChI is InChI=1S/C13H20FNO/c1-9(2)10(3)7-15-8-11-4-12(14)6-13(16)5-11/h4-6,9-10,15-16H,7-8H2,1-3H3. The average molecular weight is 225 g/mol. The van der Waals surface area contributed by atoms with E-state index in [0.29, 0.717) is 18.4 Å². The number of rotatable bonds is 5. The van der Waals surface area contributed by atoms with Crippen LogP contribution in [0.5, 0.6) is 5.75 Å². The molecule has 3 heteroatoms. The third kappa shape index (κ3) is 4.19. The van der Waals surface area contributed by atoms with Crippen molar-refractivity contribution < 1.29 is 9.50 Å². The molecule has 0 saturated heterocycles. The Morgan fingerprint density at radius 3 is 2.50 bits per heavy atom. The van der Waals surface area contributed by atoms with Crippen molar-refractivity contribution in [2.24, 2.45) is 11.8 Å². The van der Waals surface area contributed by atoms with Gasteiger partial charge in [-0.2, -0.15) is 0 Å². The number of aromatic hydroxyl groups is 1. The Bertz CT molecular complexity index is 318. The number of phenols is 1. The van der Waals surface area contributed by atoms with Gasteiger partial charge in [0.1, 0.15) is 11.6 Å². The van der Waals surface area contributed by atoms with Crippen LogP contribution in [0.15, 0.2) is 18.2 Å². The lowest BCUT2D eigenvalue weighted by molar-refractivity contribution is 0.392. The van der Waals surface area contributed by atoms with Gasteiger partial charge < -0.3 is 10.4 Å². The highest BCUT2D eigenvalue weighted by Gasteiger charge is 2.06. The zero-order valence-corrected chi connectivity index (χ0v) is 10.1. The van der Waals surface area contributed by atoms with Gasteiger partial charge in [0.25, 0.3) is 0 Å². The zero-order chi connectivity index (χ0) is 12.1. The number of halogens is 1. The van der Waals surface area contributed by atoms with Crippen molar-refractivity contribution in [2.45, 2.75) is 27.3 Å². The highest BCUT2D eigenvalue weighted by Crippen LogP contribution is 2.14. The van der Waals surface area contributed by atoms with Gasteiger partial charge in [-0.3, -0.25) is 0 Å². The van der Waals surface area contributed by atoms with Crippen LogP contribution in [0.4, 0.5) is 4.39 Å². The van der Waals surface area contributed by atoms with Crippen LogP contribution in [-0.2, 0) is 6.54 Å². The Hall–Kier alpha value is -1.09. The average Bonchev–Trinajstić information content (AvgIpc) is 2.15. The minimum atomic E-state index is -0.395. The second kappa shape index (κ2) is 5.85. The fraction of sp³-hybridized carbons (Fsp3) is 0.538. The van der Waals surface area contributed by atoms with Gasteiger partial charge in [0, 0.05) is 12.6 Å².